The van der Waals surface area contributed by atoms with Crippen molar-refractivity contribution in [1.29, 1.82) is 0 Å². The van der Waals surface area contributed by atoms with Crippen LogP contribution >= 0.6 is 0 Å². The van der Waals surface area contributed by atoms with Crippen LogP contribution < -0.4 is 14.4 Å². The van der Waals surface area contributed by atoms with Crippen molar-refractivity contribution in [3.63, 3.8) is 0 Å². The van der Waals surface area contributed by atoms with Gasteiger partial charge in [-0.05, 0) is 41.5 Å². The molecule has 6 nitrogen and oxygen atoms in total. The summed E-state index contributed by atoms with van der Waals surface area (Å²) in [5.74, 6) is 0.548. The number of nitrogens with zero attached hydrogens (tertiary/aromatic N) is 1. The maximum atomic E-state index is 12.3. The highest BCUT2D eigenvalue weighted by molar-refractivity contribution is 7.91. The number of ether oxygens (including phenoxy) is 1. The Morgan fingerprint density at radius 2 is 1.88 bits per heavy atom. The number of rotatable bonds is 5. The van der Waals surface area contributed by atoms with Gasteiger partial charge in [0.05, 0.1) is 19.3 Å². The van der Waals surface area contributed by atoms with Gasteiger partial charge in [0, 0.05) is 18.4 Å². The molecule has 0 saturated carbocycles. The van der Waals surface area contributed by atoms with Crippen LogP contribution in [0.1, 0.15) is 11.1 Å². The van der Waals surface area contributed by atoms with Gasteiger partial charge < -0.3 is 9.64 Å². The molecule has 2 aromatic carbocycles. The second kappa shape index (κ2) is 6.16. The number of amides is 1. The first kappa shape index (κ1) is 16.3. The largest absolute Gasteiger partial charge is 0.497 e. The van der Waals surface area contributed by atoms with Gasteiger partial charge in [-0.1, -0.05) is 12.1 Å². The third kappa shape index (κ3) is 3.35. The second-order valence-electron chi connectivity index (χ2n) is 5.68. The molecule has 0 bridgehead atoms. The minimum Gasteiger partial charge on any atom is -0.497 e. The summed E-state index contributed by atoms with van der Waals surface area (Å²) in [6.45, 7) is 0. The first-order chi connectivity index (χ1) is 11.4. The molecular formula is C17H18N2O4S. The molecule has 1 heterocycles. The van der Waals surface area contributed by atoms with Crippen LogP contribution in [-0.2, 0) is 27.0 Å². The maximum absolute atomic E-state index is 12.3. The molecule has 0 aromatic heterocycles. The van der Waals surface area contributed by atoms with Crippen molar-refractivity contribution < 1.29 is 17.9 Å². The fourth-order valence-electron chi connectivity index (χ4n) is 2.69. The Kier molecular flexibility index (Phi) is 4.19. The van der Waals surface area contributed by atoms with Crippen LogP contribution in [0.5, 0.6) is 5.75 Å². The molecular weight excluding hydrogens is 328 g/mol. The minimum absolute atomic E-state index is 0.00300. The quantitative estimate of drug-likeness (QED) is 0.900. The van der Waals surface area contributed by atoms with Crippen LogP contribution in [0.25, 0.3) is 0 Å². The number of likely N-dealkylation sites (N-methyl/N-ethyl adjacent to an activating group) is 1. The van der Waals surface area contributed by atoms with Crippen molar-refractivity contribution >= 4 is 27.3 Å². The highest BCUT2D eigenvalue weighted by Gasteiger charge is 2.24. The standard InChI is InChI=1S/C17H18N2O4S/c1-19-16-8-5-14(9-13(16)10-17(19)20)18-24(21,22)11-12-3-6-15(23-2)7-4-12/h3-9,18H,10-11H2,1-2H3. The van der Waals surface area contributed by atoms with E-state index < -0.39 is 10.0 Å². The number of sulfonamides is 1. The zero-order valence-corrected chi connectivity index (χ0v) is 14.3. The summed E-state index contributed by atoms with van der Waals surface area (Å²) in [6, 6.07) is 12.0. The summed E-state index contributed by atoms with van der Waals surface area (Å²) in [7, 11) is -0.272. The molecule has 0 spiro atoms. The molecule has 1 aliphatic heterocycles. The fourth-order valence-corrected chi connectivity index (χ4v) is 3.88. The van der Waals surface area contributed by atoms with Gasteiger partial charge in [-0.25, -0.2) is 8.42 Å². The molecule has 0 saturated heterocycles. The number of benzene rings is 2. The van der Waals surface area contributed by atoms with Gasteiger partial charge in [0.2, 0.25) is 15.9 Å². The van der Waals surface area contributed by atoms with Gasteiger partial charge in [-0.3, -0.25) is 9.52 Å². The predicted octanol–water partition coefficient (Wildman–Crippen LogP) is 2.16. The zero-order valence-electron chi connectivity index (χ0n) is 13.4. The molecule has 7 heteroatoms. The van der Waals surface area contributed by atoms with Gasteiger partial charge in [-0.15, -0.1) is 0 Å². The Morgan fingerprint density at radius 3 is 2.54 bits per heavy atom. The maximum Gasteiger partial charge on any atom is 0.236 e. The van der Waals surface area contributed by atoms with E-state index in [0.717, 1.165) is 11.3 Å². The SMILES string of the molecule is COc1ccc(CS(=O)(=O)Nc2ccc3c(c2)CC(=O)N3C)cc1. The number of nitrogens with one attached hydrogen (secondary N) is 1. The fraction of sp³-hybridized carbons (Fsp3) is 0.235. The van der Waals surface area contributed by atoms with Crippen LogP contribution in [0.3, 0.4) is 0 Å². The van der Waals surface area contributed by atoms with E-state index in [9.17, 15) is 13.2 Å². The van der Waals surface area contributed by atoms with Crippen LogP contribution in [0, 0.1) is 0 Å². The highest BCUT2D eigenvalue weighted by atomic mass is 32.2. The Morgan fingerprint density at radius 1 is 1.17 bits per heavy atom. The number of methoxy groups -OCH3 is 1. The van der Waals surface area contributed by atoms with Crippen molar-refractivity contribution in [3.05, 3.63) is 53.6 Å². The number of hydrogen-bond donors (Lipinski definition) is 1. The predicted molar refractivity (Wildman–Crippen MR) is 92.8 cm³/mol. The number of carbonyl (C=O) groups is 1. The second-order valence-corrected chi connectivity index (χ2v) is 7.40. The zero-order chi connectivity index (χ0) is 17.3. The molecule has 0 unspecified atom stereocenters. The number of carbonyl (C=O) groups excluding carboxylic acids is 1. The molecule has 126 valence electrons. The summed E-state index contributed by atoms with van der Waals surface area (Å²) in [5, 5.41) is 0. The van der Waals surface area contributed by atoms with Crippen molar-refractivity contribution in [2.24, 2.45) is 0 Å². The van der Waals surface area contributed by atoms with Crippen molar-refractivity contribution in [3.8, 4) is 5.75 Å². The van der Waals surface area contributed by atoms with E-state index in [-0.39, 0.29) is 11.7 Å². The summed E-state index contributed by atoms with van der Waals surface area (Å²) < 4.78 is 32.3. The monoisotopic (exact) mass is 346 g/mol. The normalized spacial score (nSPS) is 13.8. The van der Waals surface area contributed by atoms with E-state index in [1.54, 1.807) is 61.5 Å². The van der Waals surface area contributed by atoms with Crippen molar-refractivity contribution in [2.75, 3.05) is 23.8 Å². The number of anilines is 2. The van der Waals surface area contributed by atoms with Crippen molar-refractivity contribution in [2.45, 2.75) is 12.2 Å². The van der Waals surface area contributed by atoms with Gasteiger partial charge in [0.25, 0.3) is 0 Å². The van der Waals surface area contributed by atoms with Crippen LogP contribution in [0.15, 0.2) is 42.5 Å². The van der Waals surface area contributed by atoms with Gasteiger partial charge in [0.1, 0.15) is 5.75 Å². The van der Waals surface area contributed by atoms with E-state index in [0.29, 0.717) is 23.4 Å². The van der Waals surface area contributed by atoms with E-state index >= 15 is 0 Å². The third-order valence-corrected chi connectivity index (χ3v) is 5.21. The summed E-state index contributed by atoms with van der Waals surface area (Å²) in [4.78, 5) is 13.3. The lowest BCUT2D eigenvalue weighted by molar-refractivity contribution is -0.117. The first-order valence-electron chi connectivity index (χ1n) is 7.41. The summed E-state index contributed by atoms with van der Waals surface area (Å²) >= 11 is 0. The number of fused-ring (bicyclic) bond motifs is 1. The van der Waals surface area contributed by atoms with Gasteiger partial charge >= 0.3 is 0 Å². The molecule has 0 aliphatic carbocycles. The molecule has 3 rings (SSSR count). The Balaban J connectivity index is 1.75. The first-order valence-corrected chi connectivity index (χ1v) is 9.06. The molecule has 0 atom stereocenters. The van der Waals surface area contributed by atoms with E-state index in [1.165, 1.54) is 0 Å². The molecule has 24 heavy (non-hydrogen) atoms. The lowest BCUT2D eigenvalue weighted by atomic mass is 10.1. The number of hydrogen-bond acceptors (Lipinski definition) is 4. The Labute approximate surface area is 141 Å². The lowest BCUT2D eigenvalue weighted by Gasteiger charge is -2.12. The molecule has 1 aliphatic rings. The average Bonchev–Trinajstić information content (AvgIpc) is 2.81. The van der Waals surface area contributed by atoms with Crippen LogP contribution in [-0.4, -0.2) is 28.5 Å². The third-order valence-electron chi connectivity index (χ3n) is 3.95. The Bertz CT molecular complexity index is 876. The molecule has 0 fully saturated rings. The molecule has 1 N–H and O–H groups in total. The average molecular weight is 346 g/mol. The topological polar surface area (TPSA) is 75.7 Å². The van der Waals surface area contributed by atoms with Crippen LogP contribution in [0.2, 0.25) is 0 Å². The molecule has 0 radical (unpaired) electrons. The van der Waals surface area contributed by atoms with E-state index in [1.807, 2.05) is 0 Å². The molecule has 2 aromatic rings. The van der Waals surface area contributed by atoms with Crippen LogP contribution in [0.4, 0.5) is 11.4 Å². The van der Waals surface area contributed by atoms with E-state index in [4.69, 9.17) is 4.74 Å². The van der Waals surface area contributed by atoms with Gasteiger partial charge in [0.15, 0.2) is 0 Å². The highest BCUT2D eigenvalue weighted by Crippen LogP contribution is 2.30. The summed E-state index contributed by atoms with van der Waals surface area (Å²) in [6.07, 6.45) is 0.292. The molecule has 1 amide bonds. The smallest absolute Gasteiger partial charge is 0.236 e. The van der Waals surface area contributed by atoms with E-state index in [2.05, 4.69) is 4.72 Å². The summed E-state index contributed by atoms with van der Waals surface area (Å²) in [5.41, 5.74) is 2.77. The Hall–Kier alpha value is -2.54. The van der Waals surface area contributed by atoms with Gasteiger partial charge in [-0.2, -0.15) is 0 Å². The lowest BCUT2D eigenvalue weighted by Crippen LogP contribution is -2.20. The van der Waals surface area contributed by atoms with Crippen molar-refractivity contribution in [1.82, 2.24) is 0 Å². The minimum atomic E-state index is -3.54.